The van der Waals surface area contributed by atoms with Crippen molar-refractivity contribution in [2.75, 3.05) is 58.3 Å². The highest BCUT2D eigenvalue weighted by atomic mass is 32.1. The zero-order chi connectivity index (χ0) is 22.2. The Balaban J connectivity index is 1.61. The predicted octanol–water partition coefficient (Wildman–Crippen LogP) is 1.79. The molecule has 7 nitrogen and oxygen atoms in total. The van der Waals surface area contributed by atoms with Gasteiger partial charge in [-0.25, -0.2) is 0 Å². The number of amides is 2. The summed E-state index contributed by atoms with van der Waals surface area (Å²) in [5, 5.41) is 7.68. The Morgan fingerprint density at radius 2 is 1.74 bits per heavy atom. The number of nitrogens with zero attached hydrogens (tertiary/aromatic N) is 3. The van der Waals surface area contributed by atoms with Crippen molar-refractivity contribution in [3.8, 4) is 0 Å². The van der Waals surface area contributed by atoms with E-state index in [4.69, 9.17) is 0 Å². The number of hydrogen-bond donors (Lipinski definition) is 2. The summed E-state index contributed by atoms with van der Waals surface area (Å²) in [6.45, 7) is 6.77. The standard InChI is InChI=1S/C23H33N5O2S/c1-18(25-23(30)22(29)24-11-12-26(2)3)21(20-10-7-17-31-20)28-15-13-27(14-16-28)19-8-5-4-6-9-19/h4-10,17-18,21H,11-16H2,1-3H3,(H,24,29)(H,25,30). The monoisotopic (exact) mass is 443 g/mol. The van der Waals surface area contributed by atoms with Crippen LogP contribution < -0.4 is 15.5 Å². The molecular weight excluding hydrogens is 410 g/mol. The van der Waals surface area contributed by atoms with Gasteiger partial charge >= 0.3 is 11.8 Å². The highest BCUT2D eigenvalue weighted by molar-refractivity contribution is 7.10. The second kappa shape index (κ2) is 11.3. The maximum absolute atomic E-state index is 12.5. The Hall–Kier alpha value is -2.42. The van der Waals surface area contributed by atoms with E-state index in [2.05, 4.69) is 56.1 Å². The van der Waals surface area contributed by atoms with Crippen LogP contribution in [0.15, 0.2) is 47.8 Å². The first kappa shape index (κ1) is 23.2. The summed E-state index contributed by atoms with van der Waals surface area (Å²) in [4.78, 5) is 32.6. The fourth-order valence-corrected chi connectivity index (χ4v) is 4.89. The third-order valence-electron chi connectivity index (χ3n) is 5.55. The second-order valence-corrected chi connectivity index (χ2v) is 9.12. The van der Waals surface area contributed by atoms with E-state index in [0.29, 0.717) is 13.1 Å². The molecule has 1 aliphatic rings. The van der Waals surface area contributed by atoms with Gasteiger partial charge in [0.2, 0.25) is 0 Å². The summed E-state index contributed by atoms with van der Waals surface area (Å²) < 4.78 is 0. The fourth-order valence-electron chi connectivity index (χ4n) is 3.92. The van der Waals surface area contributed by atoms with E-state index >= 15 is 0 Å². The third kappa shape index (κ3) is 6.53. The lowest BCUT2D eigenvalue weighted by molar-refractivity contribution is -0.139. The number of nitrogens with one attached hydrogen (secondary N) is 2. The van der Waals surface area contributed by atoms with E-state index in [1.807, 2.05) is 38.1 Å². The number of carbonyl (C=O) groups is 2. The molecule has 2 amide bonds. The van der Waals surface area contributed by atoms with Crippen LogP contribution in [0, 0.1) is 0 Å². The number of anilines is 1. The normalized spacial score (nSPS) is 16.7. The molecule has 3 rings (SSSR count). The first-order valence-corrected chi connectivity index (χ1v) is 11.6. The zero-order valence-corrected chi connectivity index (χ0v) is 19.4. The molecule has 168 valence electrons. The van der Waals surface area contributed by atoms with Crippen LogP contribution in [-0.4, -0.2) is 81.0 Å². The van der Waals surface area contributed by atoms with Gasteiger partial charge in [-0.05, 0) is 44.6 Å². The summed E-state index contributed by atoms with van der Waals surface area (Å²) in [5.41, 5.74) is 1.24. The molecule has 2 unspecified atom stereocenters. The highest BCUT2D eigenvalue weighted by Gasteiger charge is 2.31. The molecule has 0 radical (unpaired) electrons. The topological polar surface area (TPSA) is 67.9 Å². The largest absolute Gasteiger partial charge is 0.369 e. The summed E-state index contributed by atoms with van der Waals surface area (Å²) >= 11 is 1.69. The van der Waals surface area contributed by atoms with Crippen molar-refractivity contribution in [1.82, 2.24) is 20.4 Å². The van der Waals surface area contributed by atoms with Crippen LogP contribution in [0.3, 0.4) is 0 Å². The lowest BCUT2D eigenvalue weighted by Gasteiger charge is -2.42. The number of para-hydroxylation sites is 1. The van der Waals surface area contributed by atoms with Gasteiger partial charge in [0.05, 0.1) is 6.04 Å². The van der Waals surface area contributed by atoms with Gasteiger partial charge < -0.3 is 20.4 Å². The van der Waals surface area contributed by atoms with Gasteiger partial charge in [-0.3, -0.25) is 14.5 Å². The van der Waals surface area contributed by atoms with Crippen LogP contribution in [0.25, 0.3) is 0 Å². The predicted molar refractivity (Wildman–Crippen MR) is 126 cm³/mol. The van der Waals surface area contributed by atoms with Crippen molar-refractivity contribution >= 4 is 28.8 Å². The van der Waals surface area contributed by atoms with Crippen molar-refractivity contribution in [2.45, 2.75) is 19.0 Å². The molecule has 0 bridgehead atoms. The van der Waals surface area contributed by atoms with E-state index in [1.54, 1.807) is 11.3 Å². The lowest BCUT2D eigenvalue weighted by Crippen LogP contribution is -2.54. The smallest absolute Gasteiger partial charge is 0.309 e. The second-order valence-electron chi connectivity index (χ2n) is 8.14. The van der Waals surface area contributed by atoms with E-state index < -0.39 is 11.8 Å². The number of hydrogen-bond acceptors (Lipinski definition) is 6. The fraction of sp³-hybridized carbons (Fsp3) is 0.478. The van der Waals surface area contributed by atoms with E-state index in [0.717, 1.165) is 26.2 Å². The Morgan fingerprint density at radius 3 is 2.35 bits per heavy atom. The molecule has 0 saturated carbocycles. The molecule has 2 N–H and O–H groups in total. The molecule has 1 aromatic heterocycles. The molecule has 1 fully saturated rings. The Kier molecular flexibility index (Phi) is 8.45. The Labute approximate surface area is 189 Å². The van der Waals surface area contributed by atoms with Gasteiger partial charge in [0, 0.05) is 55.9 Å². The van der Waals surface area contributed by atoms with Crippen LogP contribution in [0.5, 0.6) is 0 Å². The van der Waals surface area contributed by atoms with Gasteiger partial charge in [-0.1, -0.05) is 24.3 Å². The van der Waals surface area contributed by atoms with Crippen molar-refractivity contribution in [2.24, 2.45) is 0 Å². The number of piperazine rings is 1. The third-order valence-corrected chi connectivity index (χ3v) is 6.49. The van der Waals surface area contributed by atoms with Gasteiger partial charge in [0.15, 0.2) is 0 Å². The molecule has 1 aromatic carbocycles. The van der Waals surface area contributed by atoms with Gasteiger partial charge in [0.1, 0.15) is 0 Å². The van der Waals surface area contributed by atoms with Gasteiger partial charge in [-0.15, -0.1) is 11.3 Å². The van der Waals surface area contributed by atoms with E-state index in [-0.39, 0.29) is 12.1 Å². The van der Waals surface area contributed by atoms with Crippen LogP contribution in [0.1, 0.15) is 17.8 Å². The molecule has 1 saturated heterocycles. The summed E-state index contributed by atoms with van der Waals surface area (Å²) in [5.74, 6) is -1.15. The zero-order valence-electron chi connectivity index (χ0n) is 18.6. The van der Waals surface area contributed by atoms with Crippen LogP contribution in [0.2, 0.25) is 0 Å². The lowest BCUT2D eigenvalue weighted by atomic mass is 10.0. The minimum absolute atomic E-state index is 0.0384. The molecule has 2 aromatic rings. The summed E-state index contributed by atoms with van der Waals surface area (Å²) in [7, 11) is 3.86. The molecule has 31 heavy (non-hydrogen) atoms. The summed E-state index contributed by atoms with van der Waals surface area (Å²) in [6, 6.07) is 14.5. The van der Waals surface area contributed by atoms with Crippen LogP contribution in [0.4, 0.5) is 5.69 Å². The van der Waals surface area contributed by atoms with E-state index in [9.17, 15) is 9.59 Å². The summed E-state index contributed by atoms with van der Waals surface area (Å²) in [6.07, 6.45) is 0. The molecule has 2 atom stereocenters. The van der Waals surface area contributed by atoms with Crippen molar-refractivity contribution < 1.29 is 9.59 Å². The molecule has 1 aliphatic heterocycles. The van der Waals surface area contributed by atoms with Crippen molar-refractivity contribution in [3.63, 3.8) is 0 Å². The molecular formula is C23H33N5O2S. The van der Waals surface area contributed by atoms with Gasteiger partial charge in [-0.2, -0.15) is 0 Å². The van der Waals surface area contributed by atoms with Crippen molar-refractivity contribution in [3.05, 3.63) is 52.7 Å². The number of benzene rings is 1. The number of carbonyl (C=O) groups excluding carboxylic acids is 2. The molecule has 0 aliphatic carbocycles. The Morgan fingerprint density at radius 1 is 1.03 bits per heavy atom. The number of likely N-dealkylation sites (N-methyl/N-ethyl adjacent to an activating group) is 1. The van der Waals surface area contributed by atoms with Crippen LogP contribution in [-0.2, 0) is 9.59 Å². The SMILES string of the molecule is CC(NC(=O)C(=O)NCCN(C)C)C(c1cccs1)N1CCN(c2ccccc2)CC1. The first-order valence-electron chi connectivity index (χ1n) is 10.8. The minimum Gasteiger partial charge on any atom is -0.369 e. The number of rotatable bonds is 8. The first-order chi connectivity index (χ1) is 15.0. The molecule has 2 heterocycles. The van der Waals surface area contributed by atoms with Crippen LogP contribution >= 0.6 is 11.3 Å². The average molecular weight is 444 g/mol. The minimum atomic E-state index is -0.576. The maximum atomic E-state index is 12.5. The highest BCUT2D eigenvalue weighted by Crippen LogP contribution is 2.30. The molecule has 8 heteroatoms. The van der Waals surface area contributed by atoms with E-state index in [1.165, 1.54) is 10.6 Å². The molecule has 0 spiro atoms. The quantitative estimate of drug-likeness (QED) is 0.609. The Bertz CT molecular complexity index is 820. The number of thiophene rings is 1. The van der Waals surface area contributed by atoms with Gasteiger partial charge in [0.25, 0.3) is 0 Å². The average Bonchev–Trinajstić information content (AvgIpc) is 3.29. The van der Waals surface area contributed by atoms with Crippen molar-refractivity contribution in [1.29, 1.82) is 0 Å². The maximum Gasteiger partial charge on any atom is 0.309 e.